The van der Waals surface area contributed by atoms with Crippen LogP contribution in [0.5, 0.6) is 0 Å². The average molecular weight is 414 g/mol. The van der Waals surface area contributed by atoms with E-state index in [0.717, 1.165) is 23.7 Å². The number of hydrogen-bond donors (Lipinski definition) is 1. The van der Waals surface area contributed by atoms with Crippen LogP contribution in [0.2, 0.25) is 0 Å². The van der Waals surface area contributed by atoms with Crippen LogP contribution in [0.4, 0.5) is 4.39 Å². The molecule has 0 heterocycles. The first kappa shape index (κ1) is 14.9. The Balaban J connectivity index is 2.44. The molecule has 0 unspecified atom stereocenters. The largest absolute Gasteiger partial charge is 0.352 e. The summed E-state index contributed by atoms with van der Waals surface area (Å²) in [5.41, 5.74) is 0.0910. The van der Waals surface area contributed by atoms with Gasteiger partial charge in [0.05, 0.1) is 10.0 Å². The number of halogens is 3. The van der Waals surface area contributed by atoms with E-state index in [1.54, 1.807) is 12.1 Å². The van der Waals surface area contributed by atoms with Crippen molar-refractivity contribution in [2.45, 2.75) is 19.3 Å². The molecule has 94 valence electrons. The second kappa shape index (κ2) is 8.02. The molecule has 0 saturated heterocycles. The second-order valence-corrected chi connectivity index (χ2v) is 5.54. The van der Waals surface area contributed by atoms with Crippen molar-refractivity contribution in [2.75, 3.05) is 11.0 Å². The average Bonchev–Trinajstić information content (AvgIpc) is 2.32. The number of carbonyl (C=O) groups is 1. The first-order valence-corrected chi connectivity index (χ1v) is 7.77. The Labute approximate surface area is 123 Å². The molecule has 1 aromatic rings. The lowest BCUT2D eigenvalue weighted by Crippen LogP contribution is -2.25. The van der Waals surface area contributed by atoms with Crippen molar-refractivity contribution >= 4 is 44.4 Å². The van der Waals surface area contributed by atoms with E-state index >= 15 is 0 Å². The van der Waals surface area contributed by atoms with Gasteiger partial charge in [0.2, 0.25) is 0 Å². The SMILES string of the molecule is O=C(NCCCCCI)c1cccc(Br)c1F. The fourth-order valence-corrected chi connectivity index (χ4v) is 2.28. The summed E-state index contributed by atoms with van der Waals surface area (Å²) in [4.78, 5) is 11.7. The fraction of sp³-hybridized carbons (Fsp3) is 0.417. The van der Waals surface area contributed by atoms with E-state index in [4.69, 9.17) is 0 Å². The van der Waals surface area contributed by atoms with Crippen LogP contribution >= 0.6 is 38.5 Å². The molecule has 1 amide bonds. The molecule has 0 aliphatic heterocycles. The van der Waals surface area contributed by atoms with Crippen molar-refractivity contribution in [3.05, 3.63) is 34.1 Å². The first-order chi connectivity index (χ1) is 8.16. The van der Waals surface area contributed by atoms with Crippen LogP contribution in [0.3, 0.4) is 0 Å². The van der Waals surface area contributed by atoms with Crippen molar-refractivity contribution < 1.29 is 9.18 Å². The number of amides is 1. The van der Waals surface area contributed by atoms with E-state index in [2.05, 4.69) is 43.8 Å². The minimum atomic E-state index is -0.503. The molecule has 0 saturated carbocycles. The lowest BCUT2D eigenvalue weighted by atomic mass is 10.2. The summed E-state index contributed by atoms with van der Waals surface area (Å²) in [6.45, 7) is 0.599. The summed E-state index contributed by atoms with van der Waals surface area (Å²) in [7, 11) is 0. The number of unbranched alkanes of at least 4 members (excludes halogenated alkanes) is 2. The summed E-state index contributed by atoms with van der Waals surface area (Å²) in [6, 6.07) is 4.71. The summed E-state index contributed by atoms with van der Waals surface area (Å²) in [5.74, 6) is -0.851. The summed E-state index contributed by atoms with van der Waals surface area (Å²) in [5, 5.41) is 2.72. The quantitative estimate of drug-likeness (QED) is 0.427. The Morgan fingerprint density at radius 3 is 2.82 bits per heavy atom. The Morgan fingerprint density at radius 2 is 2.12 bits per heavy atom. The molecular formula is C12H14BrFINO. The predicted molar refractivity (Wildman–Crippen MR) is 79.2 cm³/mol. The maximum absolute atomic E-state index is 13.6. The van der Waals surface area contributed by atoms with Crippen LogP contribution in [-0.4, -0.2) is 16.9 Å². The molecule has 2 nitrogen and oxygen atoms in total. The van der Waals surface area contributed by atoms with Gasteiger partial charge < -0.3 is 5.32 Å². The summed E-state index contributed by atoms with van der Waals surface area (Å²) >= 11 is 5.39. The highest BCUT2D eigenvalue weighted by Gasteiger charge is 2.12. The number of alkyl halides is 1. The van der Waals surface area contributed by atoms with Crippen LogP contribution in [0, 0.1) is 5.82 Å². The van der Waals surface area contributed by atoms with Crippen LogP contribution < -0.4 is 5.32 Å². The standard InChI is InChI=1S/C12H14BrFINO/c13-10-6-4-5-9(11(10)14)12(17)16-8-3-1-2-7-15/h4-6H,1-3,7-8H2,(H,16,17). The van der Waals surface area contributed by atoms with Crippen LogP contribution in [0.1, 0.15) is 29.6 Å². The highest BCUT2D eigenvalue weighted by Crippen LogP contribution is 2.18. The van der Waals surface area contributed by atoms with E-state index in [0.29, 0.717) is 11.0 Å². The van der Waals surface area contributed by atoms with Gasteiger partial charge in [0.15, 0.2) is 0 Å². The van der Waals surface area contributed by atoms with E-state index in [9.17, 15) is 9.18 Å². The zero-order valence-electron chi connectivity index (χ0n) is 9.31. The first-order valence-electron chi connectivity index (χ1n) is 5.45. The van der Waals surface area contributed by atoms with E-state index in [1.165, 1.54) is 6.07 Å². The van der Waals surface area contributed by atoms with Crippen molar-refractivity contribution in [3.8, 4) is 0 Å². The Bertz CT molecular complexity index is 387. The Kier molecular flexibility index (Phi) is 7.03. The number of rotatable bonds is 6. The normalized spacial score (nSPS) is 10.3. The topological polar surface area (TPSA) is 29.1 Å². The molecule has 5 heteroatoms. The second-order valence-electron chi connectivity index (χ2n) is 3.61. The van der Waals surface area contributed by atoms with Crippen molar-refractivity contribution in [2.24, 2.45) is 0 Å². The zero-order valence-corrected chi connectivity index (χ0v) is 13.1. The van der Waals surface area contributed by atoms with Gasteiger partial charge in [-0.15, -0.1) is 0 Å². The third-order valence-electron chi connectivity index (χ3n) is 2.29. The maximum Gasteiger partial charge on any atom is 0.254 e. The molecule has 0 aliphatic carbocycles. The van der Waals surface area contributed by atoms with Crippen molar-refractivity contribution in [1.82, 2.24) is 5.32 Å². The van der Waals surface area contributed by atoms with Crippen molar-refractivity contribution in [3.63, 3.8) is 0 Å². The fourth-order valence-electron chi connectivity index (χ4n) is 1.37. The molecule has 0 spiro atoms. The number of nitrogens with one attached hydrogen (secondary N) is 1. The third kappa shape index (κ3) is 4.91. The van der Waals surface area contributed by atoms with Gasteiger partial charge in [-0.25, -0.2) is 4.39 Å². The van der Waals surface area contributed by atoms with Crippen LogP contribution in [0.25, 0.3) is 0 Å². The summed E-state index contributed by atoms with van der Waals surface area (Å²) in [6.07, 6.45) is 3.18. The molecule has 17 heavy (non-hydrogen) atoms. The minimum Gasteiger partial charge on any atom is -0.352 e. The molecule has 0 fully saturated rings. The predicted octanol–water partition coefficient (Wildman–Crippen LogP) is 3.92. The van der Waals surface area contributed by atoms with Gasteiger partial charge in [0.25, 0.3) is 5.91 Å². The van der Waals surface area contributed by atoms with E-state index in [-0.39, 0.29) is 11.5 Å². The van der Waals surface area contributed by atoms with Crippen molar-refractivity contribution in [1.29, 1.82) is 0 Å². The van der Waals surface area contributed by atoms with Gasteiger partial charge in [-0.1, -0.05) is 35.1 Å². The Hall–Kier alpha value is -0.170. The minimum absolute atomic E-state index is 0.0910. The molecular weight excluding hydrogens is 400 g/mol. The zero-order chi connectivity index (χ0) is 12.7. The van der Waals surface area contributed by atoms with Gasteiger partial charge in [-0.2, -0.15) is 0 Å². The Morgan fingerprint density at radius 1 is 1.35 bits per heavy atom. The maximum atomic E-state index is 13.6. The number of carbonyl (C=O) groups excluding carboxylic acids is 1. The molecule has 0 aromatic heterocycles. The third-order valence-corrected chi connectivity index (χ3v) is 3.67. The van der Waals surface area contributed by atoms with Crippen LogP contribution in [0.15, 0.2) is 22.7 Å². The number of benzene rings is 1. The molecule has 0 bridgehead atoms. The van der Waals surface area contributed by atoms with E-state index < -0.39 is 5.82 Å². The van der Waals surface area contributed by atoms with Gasteiger partial charge >= 0.3 is 0 Å². The van der Waals surface area contributed by atoms with Gasteiger partial charge in [-0.05, 0) is 45.3 Å². The van der Waals surface area contributed by atoms with E-state index in [1.807, 2.05) is 0 Å². The molecule has 1 aromatic carbocycles. The summed E-state index contributed by atoms with van der Waals surface area (Å²) < 4.78 is 15.0. The molecule has 0 aliphatic rings. The van der Waals surface area contributed by atoms with Gasteiger partial charge in [0.1, 0.15) is 5.82 Å². The molecule has 1 N–H and O–H groups in total. The molecule has 1 rings (SSSR count). The molecule has 0 atom stereocenters. The monoisotopic (exact) mass is 413 g/mol. The highest BCUT2D eigenvalue weighted by molar-refractivity contribution is 14.1. The van der Waals surface area contributed by atoms with Gasteiger partial charge in [-0.3, -0.25) is 4.79 Å². The lowest BCUT2D eigenvalue weighted by Gasteiger charge is -2.06. The van der Waals surface area contributed by atoms with Crippen LogP contribution in [-0.2, 0) is 0 Å². The molecule has 0 radical (unpaired) electrons. The lowest BCUT2D eigenvalue weighted by molar-refractivity contribution is 0.0949. The smallest absolute Gasteiger partial charge is 0.254 e. The highest BCUT2D eigenvalue weighted by atomic mass is 127. The number of hydrogen-bond acceptors (Lipinski definition) is 1. The van der Waals surface area contributed by atoms with Gasteiger partial charge in [0, 0.05) is 6.54 Å².